The number of piperidine rings is 1. The summed E-state index contributed by atoms with van der Waals surface area (Å²) in [5.74, 6) is 0.584. The standard InChI is InChI=1S/C18H24N2O3/c1-13-8-10-20(11-9-13)18(22)17-16(14-6-4-3-5-7-14)19(2)15(21)12-23-17/h3-7,13,16-17H,8-12H2,1-2H3/t16-,17+/m1/s1. The normalized spacial score (nSPS) is 26.4. The highest BCUT2D eigenvalue weighted by Gasteiger charge is 2.42. The highest BCUT2D eigenvalue weighted by Crippen LogP contribution is 2.31. The first kappa shape index (κ1) is 16.0. The summed E-state index contributed by atoms with van der Waals surface area (Å²) >= 11 is 0. The van der Waals surface area contributed by atoms with Crippen molar-refractivity contribution >= 4 is 11.8 Å². The fourth-order valence-electron chi connectivity index (χ4n) is 3.38. The van der Waals surface area contributed by atoms with E-state index in [4.69, 9.17) is 4.74 Å². The Balaban J connectivity index is 1.83. The molecule has 0 aliphatic carbocycles. The van der Waals surface area contributed by atoms with Crippen LogP contribution in [0.15, 0.2) is 30.3 Å². The van der Waals surface area contributed by atoms with Gasteiger partial charge in [-0.15, -0.1) is 0 Å². The second-order valence-corrected chi connectivity index (χ2v) is 6.60. The predicted octanol–water partition coefficient (Wildman–Crippen LogP) is 1.84. The Morgan fingerprint density at radius 2 is 1.83 bits per heavy atom. The van der Waals surface area contributed by atoms with Gasteiger partial charge in [0.05, 0.1) is 6.04 Å². The third kappa shape index (κ3) is 3.24. The van der Waals surface area contributed by atoms with Gasteiger partial charge < -0.3 is 14.5 Å². The zero-order valence-electron chi connectivity index (χ0n) is 13.8. The molecule has 23 heavy (non-hydrogen) atoms. The number of carbonyl (C=O) groups excluding carboxylic acids is 2. The molecule has 0 bridgehead atoms. The third-order valence-electron chi connectivity index (χ3n) is 4.96. The Labute approximate surface area is 137 Å². The minimum atomic E-state index is -0.617. The Kier molecular flexibility index (Phi) is 4.66. The molecule has 5 heteroatoms. The van der Waals surface area contributed by atoms with Gasteiger partial charge >= 0.3 is 0 Å². The molecule has 0 unspecified atom stereocenters. The second kappa shape index (κ2) is 6.71. The number of rotatable bonds is 2. The van der Waals surface area contributed by atoms with Crippen LogP contribution in [0.1, 0.15) is 31.4 Å². The molecule has 2 heterocycles. The first-order valence-corrected chi connectivity index (χ1v) is 8.29. The van der Waals surface area contributed by atoms with Crippen molar-refractivity contribution in [3.05, 3.63) is 35.9 Å². The fourth-order valence-corrected chi connectivity index (χ4v) is 3.38. The van der Waals surface area contributed by atoms with Gasteiger partial charge in [0.25, 0.3) is 5.91 Å². The Hall–Kier alpha value is -1.88. The van der Waals surface area contributed by atoms with Gasteiger partial charge in [0.2, 0.25) is 5.91 Å². The van der Waals surface area contributed by atoms with Crippen molar-refractivity contribution in [1.29, 1.82) is 0 Å². The van der Waals surface area contributed by atoms with Crippen molar-refractivity contribution in [3.8, 4) is 0 Å². The Morgan fingerprint density at radius 1 is 1.17 bits per heavy atom. The molecule has 5 nitrogen and oxygen atoms in total. The zero-order valence-corrected chi connectivity index (χ0v) is 13.8. The van der Waals surface area contributed by atoms with Crippen molar-refractivity contribution in [1.82, 2.24) is 9.80 Å². The monoisotopic (exact) mass is 316 g/mol. The number of likely N-dealkylation sites (tertiary alicyclic amines) is 1. The van der Waals surface area contributed by atoms with Crippen LogP contribution in [-0.2, 0) is 14.3 Å². The summed E-state index contributed by atoms with van der Waals surface area (Å²) in [5.41, 5.74) is 0.937. The van der Waals surface area contributed by atoms with Crippen molar-refractivity contribution < 1.29 is 14.3 Å². The van der Waals surface area contributed by atoms with Crippen LogP contribution in [0.5, 0.6) is 0 Å². The van der Waals surface area contributed by atoms with Crippen LogP contribution in [-0.4, -0.2) is 54.5 Å². The molecule has 0 spiro atoms. The van der Waals surface area contributed by atoms with E-state index < -0.39 is 6.10 Å². The maximum absolute atomic E-state index is 13.0. The number of amides is 2. The average molecular weight is 316 g/mol. The molecule has 1 aromatic rings. The lowest BCUT2D eigenvalue weighted by molar-refractivity contribution is -0.168. The first-order chi connectivity index (χ1) is 11.1. The summed E-state index contributed by atoms with van der Waals surface area (Å²) in [4.78, 5) is 28.5. The van der Waals surface area contributed by atoms with Crippen LogP contribution in [0, 0.1) is 5.92 Å². The molecule has 2 fully saturated rings. The topological polar surface area (TPSA) is 49.9 Å². The summed E-state index contributed by atoms with van der Waals surface area (Å²) in [7, 11) is 1.75. The molecule has 0 saturated carbocycles. The summed E-state index contributed by atoms with van der Waals surface area (Å²) in [5, 5.41) is 0. The van der Waals surface area contributed by atoms with E-state index in [1.807, 2.05) is 35.2 Å². The molecule has 2 amide bonds. The minimum Gasteiger partial charge on any atom is -0.356 e. The minimum absolute atomic E-state index is 0.00473. The smallest absolute Gasteiger partial charge is 0.254 e. The molecule has 2 aliphatic rings. The van der Waals surface area contributed by atoms with Crippen LogP contribution in [0.3, 0.4) is 0 Å². The summed E-state index contributed by atoms with van der Waals surface area (Å²) in [6.07, 6.45) is 1.44. The second-order valence-electron chi connectivity index (χ2n) is 6.60. The molecule has 2 saturated heterocycles. The Morgan fingerprint density at radius 3 is 2.48 bits per heavy atom. The van der Waals surface area contributed by atoms with E-state index in [-0.39, 0.29) is 24.5 Å². The van der Waals surface area contributed by atoms with E-state index in [2.05, 4.69) is 6.92 Å². The van der Waals surface area contributed by atoms with Gasteiger partial charge in [0.15, 0.2) is 6.10 Å². The lowest BCUT2D eigenvalue weighted by Gasteiger charge is -2.41. The van der Waals surface area contributed by atoms with Gasteiger partial charge in [-0.1, -0.05) is 37.3 Å². The van der Waals surface area contributed by atoms with E-state index in [1.165, 1.54) is 0 Å². The molecule has 0 aromatic heterocycles. The van der Waals surface area contributed by atoms with E-state index in [0.29, 0.717) is 5.92 Å². The number of ether oxygens (including phenoxy) is 1. The van der Waals surface area contributed by atoms with E-state index in [9.17, 15) is 9.59 Å². The predicted molar refractivity (Wildman–Crippen MR) is 86.7 cm³/mol. The van der Waals surface area contributed by atoms with Crippen molar-refractivity contribution in [2.24, 2.45) is 5.92 Å². The van der Waals surface area contributed by atoms with Crippen LogP contribution in [0.2, 0.25) is 0 Å². The SMILES string of the molecule is CC1CCN(C(=O)[C@H]2OCC(=O)N(C)[C@@H]2c2ccccc2)CC1. The highest BCUT2D eigenvalue weighted by molar-refractivity contribution is 5.86. The number of benzene rings is 1. The maximum Gasteiger partial charge on any atom is 0.254 e. The van der Waals surface area contributed by atoms with Gasteiger partial charge in [0, 0.05) is 20.1 Å². The number of morpholine rings is 1. The number of likely N-dealkylation sites (N-methyl/N-ethyl adjacent to an activating group) is 1. The molecule has 1 aromatic carbocycles. The molecule has 2 aliphatic heterocycles. The van der Waals surface area contributed by atoms with Crippen LogP contribution >= 0.6 is 0 Å². The average Bonchev–Trinajstić information content (AvgIpc) is 2.58. The van der Waals surface area contributed by atoms with Gasteiger partial charge in [-0.3, -0.25) is 9.59 Å². The van der Waals surface area contributed by atoms with E-state index in [1.54, 1.807) is 11.9 Å². The summed E-state index contributed by atoms with van der Waals surface area (Å²) < 4.78 is 5.69. The van der Waals surface area contributed by atoms with Gasteiger partial charge in [-0.25, -0.2) is 0 Å². The first-order valence-electron chi connectivity index (χ1n) is 8.29. The molecule has 0 radical (unpaired) electrons. The van der Waals surface area contributed by atoms with Crippen LogP contribution < -0.4 is 0 Å². The zero-order chi connectivity index (χ0) is 16.4. The highest BCUT2D eigenvalue weighted by atomic mass is 16.5. The van der Waals surface area contributed by atoms with Gasteiger partial charge in [-0.05, 0) is 24.3 Å². The molecule has 124 valence electrons. The molecular formula is C18H24N2O3. The largest absolute Gasteiger partial charge is 0.356 e. The van der Waals surface area contributed by atoms with Crippen molar-refractivity contribution in [2.45, 2.75) is 31.9 Å². The molecule has 3 rings (SSSR count). The van der Waals surface area contributed by atoms with E-state index >= 15 is 0 Å². The lowest BCUT2D eigenvalue weighted by Crippen LogP contribution is -2.54. The maximum atomic E-state index is 13.0. The van der Waals surface area contributed by atoms with Gasteiger partial charge in [-0.2, -0.15) is 0 Å². The number of hydrogen-bond donors (Lipinski definition) is 0. The van der Waals surface area contributed by atoms with Crippen molar-refractivity contribution in [2.75, 3.05) is 26.7 Å². The van der Waals surface area contributed by atoms with Crippen LogP contribution in [0.25, 0.3) is 0 Å². The quantitative estimate of drug-likeness (QED) is 0.836. The Bertz CT molecular complexity index is 567. The fraction of sp³-hybridized carbons (Fsp3) is 0.556. The van der Waals surface area contributed by atoms with E-state index in [0.717, 1.165) is 31.5 Å². The number of nitrogens with zero attached hydrogens (tertiary/aromatic N) is 2. The van der Waals surface area contributed by atoms with Crippen molar-refractivity contribution in [3.63, 3.8) is 0 Å². The molecule has 2 atom stereocenters. The molecular weight excluding hydrogens is 292 g/mol. The third-order valence-corrected chi connectivity index (χ3v) is 4.96. The van der Waals surface area contributed by atoms with Gasteiger partial charge in [0.1, 0.15) is 6.61 Å². The number of carbonyl (C=O) groups is 2. The summed E-state index contributed by atoms with van der Waals surface area (Å²) in [6.45, 7) is 3.75. The number of hydrogen-bond acceptors (Lipinski definition) is 3. The lowest BCUT2D eigenvalue weighted by atomic mass is 9.95. The molecule has 0 N–H and O–H groups in total. The summed E-state index contributed by atoms with van der Waals surface area (Å²) in [6, 6.07) is 9.31. The van der Waals surface area contributed by atoms with Crippen LogP contribution in [0.4, 0.5) is 0 Å².